The molecule has 32 heavy (non-hydrogen) atoms. The van der Waals surface area contributed by atoms with Crippen LogP contribution in [0.15, 0.2) is 30.3 Å². The molecule has 2 nitrogen and oxygen atoms in total. The first kappa shape index (κ1) is 28.7. The highest BCUT2D eigenvalue weighted by Crippen LogP contribution is 2.13. The number of hydrogen-bond acceptors (Lipinski definition) is 1. The molecule has 1 N–H and O–H groups in total. The molecule has 0 heterocycles. The molecule has 0 spiro atoms. The van der Waals surface area contributed by atoms with E-state index in [0.717, 1.165) is 25.8 Å². The lowest BCUT2D eigenvalue weighted by atomic mass is 10.0. The SMILES string of the molecule is CCCCCCCCCCCC(=O)NCCCCCCCCCCCCc1ccccc1. The van der Waals surface area contributed by atoms with Gasteiger partial charge in [0.2, 0.25) is 5.91 Å². The van der Waals surface area contributed by atoms with Gasteiger partial charge in [-0.1, -0.05) is 140 Å². The molecule has 0 aliphatic rings. The van der Waals surface area contributed by atoms with Gasteiger partial charge in [0, 0.05) is 13.0 Å². The zero-order valence-electron chi connectivity index (χ0n) is 21.4. The molecular weight excluding hydrogens is 390 g/mol. The van der Waals surface area contributed by atoms with E-state index in [1.165, 1.54) is 121 Å². The lowest BCUT2D eigenvalue weighted by Gasteiger charge is -2.06. The van der Waals surface area contributed by atoms with Gasteiger partial charge < -0.3 is 5.32 Å². The Morgan fingerprint density at radius 2 is 1.06 bits per heavy atom. The van der Waals surface area contributed by atoms with Crippen LogP contribution in [0.25, 0.3) is 0 Å². The van der Waals surface area contributed by atoms with Crippen molar-refractivity contribution in [2.45, 2.75) is 142 Å². The molecule has 1 amide bonds. The highest BCUT2D eigenvalue weighted by Gasteiger charge is 2.01. The first-order chi connectivity index (χ1) is 15.8. The Hall–Kier alpha value is -1.31. The molecule has 0 unspecified atom stereocenters. The maximum absolute atomic E-state index is 11.9. The summed E-state index contributed by atoms with van der Waals surface area (Å²) in [6.45, 7) is 3.14. The Labute approximate surface area is 200 Å². The first-order valence-corrected chi connectivity index (χ1v) is 14.1. The third kappa shape index (κ3) is 19.4. The van der Waals surface area contributed by atoms with Crippen molar-refractivity contribution in [3.8, 4) is 0 Å². The molecule has 0 atom stereocenters. The zero-order valence-corrected chi connectivity index (χ0v) is 21.4. The molecule has 0 aromatic heterocycles. The predicted molar refractivity (Wildman–Crippen MR) is 141 cm³/mol. The molecule has 0 aliphatic heterocycles. The Kier molecular flexibility index (Phi) is 20.5. The Bertz CT molecular complexity index is 513. The van der Waals surface area contributed by atoms with Crippen molar-refractivity contribution in [1.29, 1.82) is 0 Å². The van der Waals surface area contributed by atoms with E-state index in [2.05, 4.69) is 42.6 Å². The fraction of sp³-hybridized carbons (Fsp3) is 0.767. The quantitative estimate of drug-likeness (QED) is 0.168. The number of nitrogens with one attached hydrogen (secondary N) is 1. The summed E-state index contributed by atoms with van der Waals surface area (Å²) in [6, 6.07) is 10.9. The maximum Gasteiger partial charge on any atom is 0.219 e. The summed E-state index contributed by atoms with van der Waals surface area (Å²) in [5.74, 6) is 0.264. The second-order valence-corrected chi connectivity index (χ2v) is 9.70. The van der Waals surface area contributed by atoms with E-state index in [-0.39, 0.29) is 5.91 Å². The van der Waals surface area contributed by atoms with E-state index >= 15 is 0 Å². The molecule has 0 bridgehead atoms. The summed E-state index contributed by atoms with van der Waals surface area (Å²) in [4.78, 5) is 11.9. The average Bonchev–Trinajstić information content (AvgIpc) is 2.81. The van der Waals surface area contributed by atoms with Crippen LogP contribution in [0.1, 0.15) is 141 Å². The zero-order chi connectivity index (χ0) is 23.0. The van der Waals surface area contributed by atoms with E-state index in [1.807, 2.05) is 0 Å². The van der Waals surface area contributed by atoms with Crippen LogP contribution in [-0.2, 0) is 11.2 Å². The van der Waals surface area contributed by atoms with Gasteiger partial charge in [0.25, 0.3) is 0 Å². The summed E-state index contributed by atoms with van der Waals surface area (Å²) in [7, 11) is 0. The summed E-state index contributed by atoms with van der Waals surface area (Å²) >= 11 is 0. The minimum Gasteiger partial charge on any atom is -0.356 e. The highest BCUT2D eigenvalue weighted by atomic mass is 16.1. The Morgan fingerprint density at radius 3 is 1.62 bits per heavy atom. The summed E-state index contributed by atoms with van der Waals surface area (Å²) in [5.41, 5.74) is 1.48. The second kappa shape index (κ2) is 22.9. The second-order valence-electron chi connectivity index (χ2n) is 9.70. The van der Waals surface area contributed by atoms with Crippen LogP contribution in [0, 0.1) is 0 Å². The molecule has 0 fully saturated rings. The molecule has 184 valence electrons. The van der Waals surface area contributed by atoms with Crippen LogP contribution >= 0.6 is 0 Å². The first-order valence-electron chi connectivity index (χ1n) is 14.1. The Balaban J connectivity index is 1.72. The van der Waals surface area contributed by atoms with Crippen LogP contribution in [-0.4, -0.2) is 12.5 Å². The number of rotatable bonds is 23. The van der Waals surface area contributed by atoms with Gasteiger partial charge in [-0.15, -0.1) is 0 Å². The van der Waals surface area contributed by atoms with E-state index in [4.69, 9.17) is 0 Å². The van der Waals surface area contributed by atoms with Crippen LogP contribution in [0.2, 0.25) is 0 Å². The van der Waals surface area contributed by atoms with Gasteiger partial charge >= 0.3 is 0 Å². The van der Waals surface area contributed by atoms with Gasteiger partial charge in [0.15, 0.2) is 0 Å². The molecule has 0 saturated carbocycles. The van der Waals surface area contributed by atoms with Crippen molar-refractivity contribution in [2.24, 2.45) is 0 Å². The van der Waals surface area contributed by atoms with E-state index in [0.29, 0.717) is 0 Å². The van der Waals surface area contributed by atoms with E-state index in [1.54, 1.807) is 0 Å². The smallest absolute Gasteiger partial charge is 0.219 e. The number of aryl methyl sites for hydroxylation is 1. The molecule has 0 radical (unpaired) electrons. The largest absolute Gasteiger partial charge is 0.356 e. The lowest BCUT2D eigenvalue weighted by molar-refractivity contribution is -0.121. The Morgan fingerprint density at radius 1 is 0.594 bits per heavy atom. The lowest BCUT2D eigenvalue weighted by Crippen LogP contribution is -2.23. The van der Waals surface area contributed by atoms with Crippen LogP contribution < -0.4 is 5.32 Å². The summed E-state index contributed by atoms with van der Waals surface area (Å²) < 4.78 is 0. The number of carbonyl (C=O) groups excluding carboxylic acids is 1. The van der Waals surface area contributed by atoms with Gasteiger partial charge in [0.1, 0.15) is 0 Å². The minimum absolute atomic E-state index is 0.264. The van der Waals surface area contributed by atoms with Crippen molar-refractivity contribution in [2.75, 3.05) is 6.54 Å². The molecule has 2 heteroatoms. The molecule has 0 aliphatic carbocycles. The molecule has 1 aromatic rings. The van der Waals surface area contributed by atoms with Crippen molar-refractivity contribution < 1.29 is 4.79 Å². The fourth-order valence-electron chi connectivity index (χ4n) is 4.43. The van der Waals surface area contributed by atoms with Crippen molar-refractivity contribution in [3.63, 3.8) is 0 Å². The summed E-state index contributed by atoms with van der Waals surface area (Å²) in [5, 5.41) is 3.11. The van der Waals surface area contributed by atoms with Gasteiger partial charge in [-0.2, -0.15) is 0 Å². The third-order valence-electron chi connectivity index (χ3n) is 6.56. The average molecular weight is 444 g/mol. The molecule has 1 aromatic carbocycles. The number of carbonyl (C=O) groups is 1. The number of hydrogen-bond donors (Lipinski definition) is 1. The predicted octanol–water partition coefficient (Wildman–Crippen LogP) is 9.17. The van der Waals surface area contributed by atoms with Gasteiger partial charge in [-0.3, -0.25) is 4.79 Å². The van der Waals surface area contributed by atoms with E-state index < -0.39 is 0 Å². The number of amides is 1. The van der Waals surface area contributed by atoms with Gasteiger partial charge in [-0.05, 0) is 31.2 Å². The molecule has 1 rings (SSSR count). The summed E-state index contributed by atoms with van der Waals surface area (Å²) in [6.07, 6.45) is 27.1. The van der Waals surface area contributed by atoms with Crippen molar-refractivity contribution >= 4 is 5.91 Å². The monoisotopic (exact) mass is 443 g/mol. The molecule has 0 saturated heterocycles. The fourth-order valence-corrected chi connectivity index (χ4v) is 4.43. The van der Waals surface area contributed by atoms with Crippen LogP contribution in [0.4, 0.5) is 0 Å². The highest BCUT2D eigenvalue weighted by molar-refractivity contribution is 5.75. The normalized spacial score (nSPS) is 11.0. The van der Waals surface area contributed by atoms with E-state index in [9.17, 15) is 4.79 Å². The van der Waals surface area contributed by atoms with Gasteiger partial charge in [0.05, 0.1) is 0 Å². The minimum atomic E-state index is 0.264. The standard InChI is InChI=1S/C30H53NO/c1-2-3-4-5-6-9-13-16-22-27-30(32)31-28-23-17-14-11-8-7-10-12-15-19-24-29-25-20-18-21-26-29/h18,20-21,25-26H,2-17,19,22-24,27-28H2,1H3,(H,31,32). The molecular formula is C30H53NO. The topological polar surface area (TPSA) is 29.1 Å². The van der Waals surface area contributed by atoms with Gasteiger partial charge in [-0.25, -0.2) is 0 Å². The van der Waals surface area contributed by atoms with Crippen LogP contribution in [0.3, 0.4) is 0 Å². The van der Waals surface area contributed by atoms with Crippen LogP contribution in [0.5, 0.6) is 0 Å². The number of benzene rings is 1. The van der Waals surface area contributed by atoms with Crippen molar-refractivity contribution in [1.82, 2.24) is 5.32 Å². The third-order valence-corrected chi connectivity index (χ3v) is 6.56. The number of unbranched alkanes of at least 4 members (excludes halogenated alkanes) is 17. The van der Waals surface area contributed by atoms with Crippen molar-refractivity contribution in [3.05, 3.63) is 35.9 Å². The maximum atomic E-state index is 11.9.